The first kappa shape index (κ1) is 30.8. The number of para-hydroxylation sites is 2. The molecule has 2 aliphatic heterocycles. The number of hydrogen-bond acceptors (Lipinski definition) is 5. The fraction of sp³-hybridized carbons (Fsp3) is 0.167. The molecule has 0 saturated carbocycles. The predicted molar refractivity (Wildman–Crippen MR) is 221 cm³/mol. The van der Waals surface area contributed by atoms with Crippen molar-refractivity contribution in [2.45, 2.75) is 53.4 Å². The van der Waals surface area contributed by atoms with Gasteiger partial charge in [0.25, 0.3) is 0 Å². The van der Waals surface area contributed by atoms with E-state index in [0.29, 0.717) is 11.5 Å². The minimum atomic E-state index is 0.668. The zero-order valence-corrected chi connectivity index (χ0v) is 31.2. The van der Waals surface area contributed by atoms with Crippen molar-refractivity contribution >= 4 is 54.9 Å². The minimum absolute atomic E-state index is 0.668. The van der Waals surface area contributed by atoms with Crippen molar-refractivity contribution in [3.63, 3.8) is 0 Å². The Morgan fingerprint density at radius 2 is 0.909 bits per heavy atom. The van der Waals surface area contributed by atoms with Gasteiger partial charge in [-0.1, -0.05) is 72.8 Å². The lowest BCUT2D eigenvalue weighted by Crippen LogP contribution is -2.08. The molecule has 0 unspecified atom stereocenters. The van der Waals surface area contributed by atoms with Crippen molar-refractivity contribution in [1.82, 2.24) is 28.7 Å². The van der Waals surface area contributed by atoms with Crippen molar-refractivity contribution in [1.29, 1.82) is 0 Å². The first-order chi connectivity index (χ1) is 26.9. The van der Waals surface area contributed by atoms with Gasteiger partial charge in [-0.25, -0.2) is 19.9 Å². The summed E-state index contributed by atoms with van der Waals surface area (Å²) in [5.74, 6) is 1.34. The maximum absolute atomic E-state index is 7.40. The summed E-state index contributed by atoms with van der Waals surface area (Å²) in [6.07, 6.45) is 7.96. The van der Waals surface area contributed by atoms with Gasteiger partial charge in [0, 0.05) is 56.5 Å². The second-order valence-electron chi connectivity index (χ2n) is 15.5. The molecule has 8 heterocycles. The van der Waals surface area contributed by atoms with Crippen molar-refractivity contribution < 1.29 is 4.74 Å². The van der Waals surface area contributed by atoms with Crippen molar-refractivity contribution in [3.05, 3.63) is 142 Å². The molecular weight excluding hydrogens is 677 g/mol. The standard InChI is InChI=1S/C48H36N6O/c1-25-9-5-10-26(2)39(25)43-37(21-35-41(51-43)33-15-7-13-29-17-19-31-23-49-47(35)53(31)45(29)33)55-38-22-36-42(52-44(38)40-27(3)11-6-12-28(40)4)34-16-8-14-30-18-20-32-24-50-48(36)54(32)46(30)34/h5-16,21-24H,17-20H2,1-4H3. The molecule has 264 valence electrons. The van der Waals surface area contributed by atoms with Gasteiger partial charge in [-0.2, -0.15) is 0 Å². The first-order valence-electron chi connectivity index (χ1n) is 19.2. The average molecular weight is 713 g/mol. The summed E-state index contributed by atoms with van der Waals surface area (Å²) in [5, 5.41) is 4.19. The Labute approximate surface area is 316 Å². The molecule has 10 aromatic rings. The zero-order valence-electron chi connectivity index (χ0n) is 31.2. The molecule has 0 N–H and O–H groups in total. The molecule has 6 aromatic heterocycles. The number of fused-ring (bicyclic) bond motifs is 6. The normalized spacial score (nSPS) is 13.5. The Morgan fingerprint density at radius 3 is 1.35 bits per heavy atom. The van der Waals surface area contributed by atoms with E-state index >= 15 is 0 Å². The molecule has 7 heteroatoms. The SMILES string of the molecule is Cc1cccc(C)c1-c1nc2c(cc1Oc1cc3c(nc1-c1c(C)cccc1C)c1cccc4c1n1c(cnc31)CC4)c1ncc3n1c1c(cccc21)CC3. The van der Waals surface area contributed by atoms with E-state index in [2.05, 4.69) is 121 Å². The quantitative estimate of drug-likeness (QED) is 0.170. The van der Waals surface area contributed by atoms with Gasteiger partial charge in [0.2, 0.25) is 0 Å². The number of imidazole rings is 2. The van der Waals surface area contributed by atoms with Gasteiger partial charge in [0.05, 0.1) is 22.1 Å². The van der Waals surface area contributed by atoms with Crippen molar-refractivity contribution in [3.8, 4) is 34.0 Å². The molecular formula is C48H36N6O. The van der Waals surface area contributed by atoms with E-state index < -0.39 is 0 Å². The molecule has 0 saturated heterocycles. The van der Waals surface area contributed by atoms with Crippen LogP contribution in [-0.2, 0) is 25.7 Å². The summed E-state index contributed by atoms with van der Waals surface area (Å²) in [7, 11) is 0. The van der Waals surface area contributed by atoms with E-state index in [4.69, 9.17) is 24.7 Å². The summed E-state index contributed by atoms with van der Waals surface area (Å²) < 4.78 is 12.1. The van der Waals surface area contributed by atoms with Crippen LogP contribution in [0, 0.1) is 27.7 Å². The Morgan fingerprint density at radius 1 is 0.491 bits per heavy atom. The number of rotatable bonds is 4. The molecule has 0 aliphatic carbocycles. The summed E-state index contributed by atoms with van der Waals surface area (Å²) in [4.78, 5) is 21.3. The predicted octanol–water partition coefficient (Wildman–Crippen LogP) is 10.9. The summed E-state index contributed by atoms with van der Waals surface area (Å²) in [6, 6.07) is 30.5. The van der Waals surface area contributed by atoms with Crippen LogP contribution in [0.15, 0.2) is 97.3 Å². The molecule has 2 aliphatic rings. The zero-order chi connectivity index (χ0) is 36.7. The van der Waals surface area contributed by atoms with Crippen LogP contribution < -0.4 is 4.74 Å². The Kier molecular flexibility index (Phi) is 6.15. The second kappa shape index (κ2) is 11.0. The summed E-state index contributed by atoms with van der Waals surface area (Å²) in [5.41, 5.74) is 19.5. The monoisotopic (exact) mass is 712 g/mol. The Hall–Kier alpha value is -6.60. The smallest absolute Gasteiger partial charge is 0.154 e. The highest BCUT2D eigenvalue weighted by Gasteiger charge is 2.27. The molecule has 0 spiro atoms. The van der Waals surface area contributed by atoms with Gasteiger partial charge in [-0.05, 0) is 98.9 Å². The fourth-order valence-corrected chi connectivity index (χ4v) is 9.78. The molecule has 0 fully saturated rings. The van der Waals surface area contributed by atoms with E-state index in [1.807, 2.05) is 12.4 Å². The molecule has 0 amide bonds. The van der Waals surface area contributed by atoms with Crippen molar-refractivity contribution in [2.75, 3.05) is 0 Å². The van der Waals surface area contributed by atoms with Gasteiger partial charge in [0.1, 0.15) is 22.7 Å². The lowest BCUT2D eigenvalue weighted by atomic mass is 9.96. The molecule has 0 bridgehead atoms. The van der Waals surface area contributed by atoms with Crippen LogP contribution >= 0.6 is 0 Å². The highest BCUT2D eigenvalue weighted by Crippen LogP contribution is 2.46. The van der Waals surface area contributed by atoms with E-state index in [-0.39, 0.29) is 0 Å². The average Bonchev–Trinajstić information content (AvgIpc) is 3.84. The van der Waals surface area contributed by atoms with Gasteiger partial charge < -0.3 is 4.74 Å². The lowest BCUT2D eigenvalue weighted by Gasteiger charge is -2.22. The molecule has 12 rings (SSSR count). The van der Waals surface area contributed by atoms with Crippen LogP contribution in [0.4, 0.5) is 0 Å². The number of ether oxygens (including phenoxy) is 1. The number of pyridine rings is 4. The lowest BCUT2D eigenvalue weighted by molar-refractivity contribution is 0.484. The van der Waals surface area contributed by atoms with E-state index in [1.54, 1.807) is 0 Å². The maximum atomic E-state index is 7.40. The van der Waals surface area contributed by atoms with E-state index in [1.165, 1.54) is 33.5 Å². The van der Waals surface area contributed by atoms with Crippen LogP contribution in [0.25, 0.3) is 77.4 Å². The number of aromatic nitrogens is 6. The molecule has 0 atom stereocenters. The summed E-state index contributed by atoms with van der Waals surface area (Å²) in [6.45, 7) is 8.64. The number of nitrogens with zero attached hydrogens (tertiary/aromatic N) is 6. The number of hydrogen-bond donors (Lipinski definition) is 0. The number of benzene rings is 4. The fourth-order valence-electron chi connectivity index (χ4n) is 9.78. The van der Waals surface area contributed by atoms with Gasteiger partial charge in [-0.3, -0.25) is 8.80 Å². The summed E-state index contributed by atoms with van der Waals surface area (Å²) >= 11 is 0. The van der Waals surface area contributed by atoms with E-state index in [0.717, 1.165) is 114 Å². The molecule has 4 aromatic carbocycles. The number of aryl methyl sites for hydroxylation is 8. The maximum Gasteiger partial charge on any atom is 0.154 e. The second-order valence-corrected chi connectivity index (χ2v) is 15.5. The third-order valence-electron chi connectivity index (χ3n) is 12.3. The van der Waals surface area contributed by atoms with Crippen LogP contribution in [0.3, 0.4) is 0 Å². The minimum Gasteiger partial charge on any atom is -0.453 e. The Bertz CT molecular complexity index is 3090. The van der Waals surface area contributed by atoms with Gasteiger partial charge in [0.15, 0.2) is 11.5 Å². The Balaban J connectivity index is 1.21. The highest BCUT2D eigenvalue weighted by molar-refractivity contribution is 6.13. The van der Waals surface area contributed by atoms with Crippen LogP contribution in [0.1, 0.15) is 44.8 Å². The highest BCUT2D eigenvalue weighted by atomic mass is 16.5. The topological polar surface area (TPSA) is 69.6 Å². The molecule has 0 radical (unpaired) electrons. The molecule has 7 nitrogen and oxygen atoms in total. The molecule has 55 heavy (non-hydrogen) atoms. The van der Waals surface area contributed by atoms with Gasteiger partial charge in [-0.15, -0.1) is 0 Å². The third kappa shape index (κ3) is 4.15. The van der Waals surface area contributed by atoms with Gasteiger partial charge >= 0.3 is 0 Å². The van der Waals surface area contributed by atoms with Crippen LogP contribution in [0.2, 0.25) is 0 Å². The van der Waals surface area contributed by atoms with Crippen molar-refractivity contribution in [2.24, 2.45) is 0 Å². The van der Waals surface area contributed by atoms with Crippen LogP contribution in [-0.4, -0.2) is 28.7 Å². The third-order valence-corrected chi connectivity index (χ3v) is 12.3. The first-order valence-corrected chi connectivity index (χ1v) is 19.2. The largest absolute Gasteiger partial charge is 0.453 e. The van der Waals surface area contributed by atoms with Crippen LogP contribution in [0.5, 0.6) is 11.5 Å². The van der Waals surface area contributed by atoms with E-state index in [9.17, 15) is 0 Å².